The summed E-state index contributed by atoms with van der Waals surface area (Å²) in [6.45, 7) is 1.44. The zero-order valence-electron chi connectivity index (χ0n) is 21.2. The first kappa shape index (κ1) is 28.2. The zero-order chi connectivity index (χ0) is 27.8. The van der Waals surface area contributed by atoms with Gasteiger partial charge in [-0.3, -0.25) is 14.6 Å². The van der Waals surface area contributed by atoms with Gasteiger partial charge in [-0.25, -0.2) is 8.42 Å². The van der Waals surface area contributed by atoms with Crippen LogP contribution in [-0.4, -0.2) is 29.5 Å². The molecule has 1 unspecified atom stereocenters. The number of ether oxygens (including phenoxy) is 1. The molecule has 0 bridgehead atoms. The van der Waals surface area contributed by atoms with Crippen molar-refractivity contribution in [2.24, 2.45) is 0 Å². The summed E-state index contributed by atoms with van der Waals surface area (Å²) < 4.78 is 33.7. The Balaban J connectivity index is 1.53. The van der Waals surface area contributed by atoms with E-state index >= 15 is 0 Å². The molecule has 7 nitrogen and oxygen atoms in total. The first-order valence-electron chi connectivity index (χ1n) is 12.2. The summed E-state index contributed by atoms with van der Waals surface area (Å²) in [5.74, 6) is -0.798. The number of pyridine rings is 1. The predicted molar refractivity (Wildman–Crippen MR) is 148 cm³/mol. The van der Waals surface area contributed by atoms with Crippen LogP contribution in [0, 0.1) is 0 Å². The lowest BCUT2D eigenvalue weighted by molar-refractivity contribution is -0.153. The van der Waals surface area contributed by atoms with Gasteiger partial charge < -0.3 is 4.74 Å². The molecule has 0 aliphatic heterocycles. The second-order valence-corrected chi connectivity index (χ2v) is 11.3. The first-order chi connectivity index (χ1) is 18.7. The number of hydrogen-bond donors (Lipinski definition) is 0. The molecule has 0 saturated carbocycles. The molecule has 0 N–H and O–H groups in total. The van der Waals surface area contributed by atoms with Gasteiger partial charge in [0.25, 0.3) is 0 Å². The average Bonchev–Trinajstić information content (AvgIpc) is 2.93. The molecule has 4 rings (SSSR count). The van der Waals surface area contributed by atoms with E-state index in [9.17, 15) is 18.0 Å². The largest absolute Gasteiger partial charge is 0.450 e. The van der Waals surface area contributed by atoms with Crippen molar-refractivity contribution in [3.8, 4) is 0 Å². The van der Waals surface area contributed by atoms with Crippen LogP contribution < -0.4 is 0 Å². The van der Waals surface area contributed by atoms with E-state index in [1.54, 1.807) is 72.9 Å². The summed E-state index contributed by atoms with van der Waals surface area (Å²) >= 11 is 5.96. The molecule has 1 atom stereocenters. The third-order valence-corrected chi connectivity index (χ3v) is 8.01. The Morgan fingerprint density at radius 3 is 2.10 bits per heavy atom. The fraction of sp³-hybridized carbons (Fsp3) is 0.167. The van der Waals surface area contributed by atoms with Crippen LogP contribution in [0.1, 0.15) is 35.4 Å². The van der Waals surface area contributed by atoms with Crippen molar-refractivity contribution in [1.82, 2.24) is 9.29 Å². The monoisotopic (exact) mass is 562 g/mol. The maximum absolute atomic E-state index is 13.5. The molecule has 4 aromatic rings. The molecule has 39 heavy (non-hydrogen) atoms. The van der Waals surface area contributed by atoms with Crippen LogP contribution in [0.2, 0.25) is 5.02 Å². The number of esters is 1. The van der Waals surface area contributed by atoms with Gasteiger partial charge in [-0.15, -0.1) is 0 Å². The van der Waals surface area contributed by atoms with E-state index in [1.807, 2.05) is 6.07 Å². The smallest absolute Gasteiger partial charge is 0.303 e. The zero-order valence-corrected chi connectivity index (χ0v) is 22.8. The molecule has 9 heteroatoms. The number of benzene rings is 3. The first-order valence-corrected chi connectivity index (χ1v) is 14.0. The highest BCUT2D eigenvalue weighted by atomic mass is 35.5. The fourth-order valence-corrected chi connectivity index (χ4v) is 5.55. The molecule has 1 heterocycles. The van der Waals surface area contributed by atoms with Gasteiger partial charge in [0.1, 0.15) is 0 Å². The number of Topliss-reactive ketones (excluding diaryl/α,β-unsaturated/α-hetero) is 1. The number of ketones is 1. The fourth-order valence-electron chi connectivity index (χ4n) is 4.03. The highest BCUT2D eigenvalue weighted by Crippen LogP contribution is 2.24. The summed E-state index contributed by atoms with van der Waals surface area (Å²) in [5, 5.41) is 0.443. The van der Waals surface area contributed by atoms with Gasteiger partial charge >= 0.3 is 5.97 Å². The number of carbonyl (C=O) groups excluding carboxylic acids is 2. The van der Waals surface area contributed by atoms with Crippen molar-refractivity contribution in [2.75, 3.05) is 0 Å². The van der Waals surface area contributed by atoms with Crippen LogP contribution in [0.15, 0.2) is 108 Å². The van der Waals surface area contributed by atoms with Crippen LogP contribution in [0.5, 0.6) is 0 Å². The molecular formula is C30H27ClN2O5S. The van der Waals surface area contributed by atoms with Crippen LogP contribution >= 0.6 is 11.6 Å². The number of rotatable bonds is 11. The van der Waals surface area contributed by atoms with Gasteiger partial charge in [-0.2, -0.15) is 4.31 Å². The maximum Gasteiger partial charge on any atom is 0.303 e. The Kier molecular flexibility index (Phi) is 9.24. The average molecular weight is 563 g/mol. The molecule has 0 fully saturated rings. The topological polar surface area (TPSA) is 93.6 Å². The molecule has 0 amide bonds. The number of carbonyl (C=O) groups is 2. The second-order valence-electron chi connectivity index (χ2n) is 8.91. The van der Waals surface area contributed by atoms with Crippen LogP contribution in [0.25, 0.3) is 0 Å². The Bertz CT molecular complexity index is 1510. The van der Waals surface area contributed by atoms with Gasteiger partial charge in [0.2, 0.25) is 10.0 Å². The van der Waals surface area contributed by atoms with E-state index in [4.69, 9.17) is 16.3 Å². The van der Waals surface area contributed by atoms with Gasteiger partial charge in [0, 0.05) is 31.1 Å². The van der Waals surface area contributed by atoms with Crippen LogP contribution in [-0.2, 0) is 43.9 Å². The van der Waals surface area contributed by atoms with Gasteiger partial charge in [0.05, 0.1) is 17.1 Å². The van der Waals surface area contributed by atoms with Gasteiger partial charge in [-0.1, -0.05) is 72.3 Å². The molecule has 0 radical (unpaired) electrons. The minimum atomic E-state index is -3.86. The van der Waals surface area contributed by atoms with E-state index in [0.29, 0.717) is 21.8 Å². The van der Waals surface area contributed by atoms with Crippen LogP contribution in [0.4, 0.5) is 0 Å². The third kappa shape index (κ3) is 7.60. The van der Waals surface area contributed by atoms with Gasteiger partial charge in [0.15, 0.2) is 11.9 Å². The third-order valence-electron chi connectivity index (χ3n) is 5.95. The SMILES string of the molecule is CC(=O)OC(C(=O)Cc1ccc(CN(Cc2ccccn2)S(=O)(=O)c2ccc(Cl)cc2)cc1)c1ccccc1. The molecule has 0 spiro atoms. The Labute approximate surface area is 233 Å². The number of sulfonamides is 1. The van der Waals surface area contributed by atoms with Crippen molar-refractivity contribution in [3.05, 3.63) is 131 Å². The summed E-state index contributed by atoms with van der Waals surface area (Å²) in [7, 11) is -3.86. The van der Waals surface area contributed by atoms with E-state index in [0.717, 1.165) is 5.56 Å². The molecule has 3 aromatic carbocycles. The van der Waals surface area contributed by atoms with E-state index in [-0.39, 0.29) is 30.2 Å². The number of nitrogens with zero attached hydrogens (tertiary/aromatic N) is 2. The summed E-state index contributed by atoms with van der Waals surface area (Å²) in [6.07, 6.45) is 0.669. The summed E-state index contributed by atoms with van der Waals surface area (Å²) in [4.78, 5) is 29.1. The lowest BCUT2D eigenvalue weighted by atomic mass is 9.99. The molecule has 0 aliphatic carbocycles. The van der Waals surface area contributed by atoms with Crippen molar-refractivity contribution in [3.63, 3.8) is 0 Å². The van der Waals surface area contributed by atoms with Crippen molar-refractivity contribution >= 4 is 33.4 Å². The van der Waals surface area contributed by atoms with E-state index in [1.165, 1.54) is 35.5 Å². The Morgan fingerprint density at radius 2 is 1.49 bits per heavy atom. The van der Waals surface area contributed by atoms with Crippen molar-refractivity contribution in [1.29, 1.82) is 0 Å². The number of halogens is 1. The van der Waals surface area contributed by atoms with Crippen molar-refractivity contribution < 1.29 is 22.7 Å². The quantitative estimate of drug-likeness (QED) is 0.223. The minimum absolute atomic E-state index is 0.0494. The highest BCUT2D eigenvalue weighted by molar-refractivity contribution is 7.89. The summed E-state index contributed by atoms with van der Waals surface area (Å²) in [6, 6.07) is 27.4. The molecule has 0 saturated heterocycles. The lowest BCUT2D eigenvalue weighted by Crippen LogP contribution is -2.30. The molecule has 0 aliphatic rings. The predicted octanol–water partition coefficient (Wildman–Crippen LogP) is 5.54. The Hall–Kier alpha value is -3.85. The van der Waals surface area contributed by atoms with E-state index < -0.39 is 22.1 Å². The molecule has 200 valence electrons. The lowest BCUT2D eigenvalue weighted by Gasteiger charge is -2.22. The Morgan fingerprint density at radius 1 is 0.846 bits per heavy atom. The molecular weight excluding hydrogens is 536 g/mol. The van der Waals surface area contributed by atoms with Crippen molar-refractivity contribution in [2.45, 2.75) is 37.4 Å². The number of hydrogen-bond acceptors (Lipinski definition) is 6. The summed E-state index contributed by atoms with van der Waals surface area (Å²) in [5.41, 5.74) is 2.66. The second kappa shape index (κ2) is 12.8. The molecule has 1 aromatic heterocycles. The standard InChI is InChI=1S/C30H27ClN2O5S/c1-22(34)38-30(25-7-3-2-4-8-25)29(35)19-23-10-12-24(13-11-23)20-33(21-27-9-5-6-18-32-27)39(36,37)28-16-14-26(31)15-17-28/h2-18,30H,19-21H2,1H3. The number of aromatic nitrogens is 1. The van der Waals surface area contributed by atoms with Gasteiger partial charge in [-0.05, 0) is 53.1 Å². The normalized spacial score (nSPS) is 12.2. The van der Waals surface area contributed by atoms with E-state index in [2.05, 4.69) is 4.98 Å². The van der Waals surface area contributed by atoms with Crippen LogP contribution in [0.3, 0.4) is 0 Å². The maximum atomic E-state index is 13.5. The highest BCUT2D eigenvalue weighted by Gasteiger charge is 2.26. The minimum Gasteiger partial charge on any atom is -0.450 e.